The van der Waals surface area contributed by atoms with E-state index < -0.39 is 0 Å². The van der Waals surface area contributed by atoms with Gasteiger partial charge in [-0.05, 0) is 23.6 Å². The van der Waals surface area contributed by atoms with Crippen LogP contribution in [-0.4, -0.2) is 25.2 Å². The van der Waals surface area contributed by atoms with E-state index in [2.05, 4.69) is 0 Å². The smallest absolute Gasteiger partial charge is 0.231 e. The number of hydrogen-bond donors (Lipinski definition) is 0. The molecule has 182 valence electrons. The minimum absolute atomic E-state index is 0.0300. The van der Waals surface area contributed by atoms with E-state index in [-0.39, 0.29) is 37.0 Å². The zero-order valence-corrected chi connectivity index (χ0v) is 22.0. The molecule has 2 aromatic carbocycles. The fourth-order valence-corrected chi connectivity index (χ4v) is 6.49. The molecule has 0 saturated carbocycles. The van der Waals surface area contributed by atoms with Crippen molar-refractivity contribution in [3.63, 3.8) is 0 Å². The van der Waals surface area contributed by atoms with Crippen molar-refractivity contribution in [1.82, 2.24) is 0 Å². The molecule has 0 saturated heterocycles. The number of rotatable bonds is 4. The number of Topliss-reactive ketones (excluding diaryl/α,β-unsaturated/α-hetero) is 2. The van der Waals surface area contributed by atoms with E-state index >= 15 is 0 Å². The summed E-state index contributed by atoms with van der Waals surface area (Å²) in [6, 6.07) is 9.54. The maximum absolute atomic E-state index is 12.1. The highest BCUT2D eigenvalue weighted by atomic mass is 35.5. The zero-order valence-electron chi connectivity index (χ0n) is 19.6. The van der Waals surface area contributed by atoms with Crippen LogP contribution in [0.3, 0.4) is 0 Å². The Morgan fingerprint density at radius 1 is 0.743 bits per heavy atom. The first-order valence-electron chi connectivity index (χ1n) is 11.2. The highest BCUT2D eigenvalue weighted by Crippen LogP contribution is 2.44. The first kappa shape index (κ1) is 23.9. The Bertz CT molecular complexity index is 1430. The van der Waals surface area contributed by atoms with Crippen LogP contribution in [0.5, 0.6) is 23.0 Å². The molecule has 2 aromatic heterocycles. The SMILES string of the molecule is CC(C)C(=O)c1cc2cc3c(cc2s1)OCO3.CC(C)C(=O)c1sc2cc3c(cc2c1Cl)OCO3. The van der Waals surface area contributed by atoms with Crippen LogP contribution in [-0.2, 0) is 0 Å². The number of carbonyl (C=O) groups is 2. The number of fused-ring (bicyclic) bond motifs is 4. The normalized spacial score (nSPS) is 13.6. The standard InChI is InChI=1S/C13H11ClO3S.C13H12O3S/c1-6(2)12(15)13-11(14)7-3-8-9(17-5-16-8)4-10(7)18-13;1-7(2)13(14)12-4-8-3-9-10(16-6-15-9)5-11(8)17-12/h3-4,6H,5H2,1-2H3;3-5,7H,6H2,1-2H3. The minimum Gasteiger partial charge on any atom is -0.454 e. The molecule has 0 spiro atoms. The van der Waals surface area contributed by atoms with E-state index in [0.29, 0.717) is 21.4 Å². The lowest BCUT2D eigenvalue weighted by Gasteiger charge is -2.00. The van der Waals surface area contributed by atoms with Crippen molar-refractivity contribution in [2.24, 2.45) is 11.8 Å². The molecule has 0 amide bonds. The second kappa shape index (κ2) is 9.33. The molecular weight excluding hydrogens is 508 g/mol. The lowest BCUT2D eigenvalue weighted by Crippen LogP contribution is -2.05. The van der Waals surface area contributed by atoms with E-state index in [0.717, 1.165) is 36.5 Å². The van der Waals surface area contributed by atoms with Gasteiger partial charge in [0.15, 0.2) is 34.6 Å². The number of benzene rings is 2. The molecule has 0 aliphatic carbocycles. The number of halogens is 1. The van der Waals surface area contributed by atoms with Crippen molar-refractivity contribution in [2.45, 2.75) is 27.7 Å². The molecule has 4 heterocycles. The second-order valence-corrected chi connectivity index (χ2v) is 11.4. The van der Waals surface area contributed by atoms with Crippen LogP contribution < -0.4 is 18.9 Å². The molecule has 0 N–H and O–H groups in total. The van der Waals surface area contributed by atoms with Crippen molar-refractivity contribution >= 4 is 66.0 Å². The van der Waals surface area contributed by atoms with Gasteiger partial charge >= 0.3 is 0 Å². The van der Waals surface area contributed by atoms with Crippen molar-refractivity contribution in [1.29, 1.82) is 0 Å². The highest BCUT2D eigenvalue weighted by molar-refractivity contribution is 7.21. The molecule has 0 unspecified atom stereocenters. The molecule has 2 aliphatic rings. The first-order chi connectivity index (χ1) is 16.7. The quantitative estimate of drug-likeness (QED) is 0.253. The number of hydrogen-bond acceptors (Lipinski definition) is 8. The number of thiophene rings is 2. The fourth-order valence-electron chi connectivity index (χ4n) is 3.71. The van der Waals surface area contributed by atoms with Crippen LogP contribution in [0.4, 0.5) is 0 Å². The average molecular weight is 531 g/mol. The highest BCUT2D eigenvalue weighted by Gasteiger charge is 2.23. The second-order valence-electron chi connectivity index (χ2n) is 8.84. The van der Waals surface area contributed by atoms with Gasteiger partial charge in [0.05, 0.1) is 14.8 Å². The Labute approximate surface area is 215 Å². The van der Waals surface area contributed by atoms with Crippen LogP contribution in [0, 0.1) is 11.8 Å². The Kier molecular flexibility index (Phi) is 6.38. The molecule has 0 bridgehead atoms. The lowest BCUT2D eigenvalue weighted by atomic mass is 10.1. The maximum Gasteiger partial charge on any atom is 0.231 e. The van der Waals surface area contributed by atoms with E-state index in [1.165, 1.54) is 22.7 Å². The van der Waals surface area contributed by atoms with E-state index in [1.54, 1.807) is 0 Å². The molecule has 0 fully saturated rings. The largest absolute Gasteiger partial charge is 0.454 e. The summed E-state index contributed by atoms with van der Waals surface area (Å²) in [5.41, 5.74) is 0. The van der Waals surface area contributed by atoms with Crippen LogP contribution in [0.25, 0.3) is 20.2 Å². The van der Waals surface area contributed by atoms with Gasteiger partial charge in [0, 0.05) is 38.8 Å². The van der Waals surface area contributed by atoms with Gasteiger partial charge in [0.25, 0.3) is 0 Å². The molecule has 6 rings (SSSR count). The van der Waals surface area contributed by atoms with Gasteiger partial charge in [-0.25, -0.2) is 0 Å². The molecule has 0 radical (unpaired) electrons. The summed E-state index contributed by atoms with van der Waals surface area (Å²) in [6.07, 6.45) is 0. The van der Waals surface area contributed by atoms with Crippen molar-refractivity contribution in [3.8, 4) is 23.0 Å². The zero-order chi connectivity index (χ0) is 24.9. The van der Waals surface area contributed by atoms with Gasteiger partial charge in [-0.2, -0.15) is 0 Å². The van der Waals surface area contributed by atoms with Gasteiger partial charge in [-0.15, -0.1) is 22.7 Å². The average Bonchev–Trinajstić information content (AvgIpc) is 3.61. The van der Waals surface area contributed by atoms with Crippen LogP contribution in [0.15, 0.2) is 30.3 Å². The molecule has 4 aromatic rings. The molecular formula is C26H23ClO6S2. The summed E-state index contributed by atoms with van der Waals surface area (Å²) in [6.45, 7) is 8.09. The number of ether oxygens (including phenoxy) is 4. The topological polar surface area (TPSA) is 71.1 Å². The maximum atomic E-state index is 12.1. The van der Waals surface area contributed by atoms with Gasteiger partial charge < -0.3 is 18.9 Å². The van der Waals surface area contributed by atoms with E-state index in [4.69, 9.17) is 30.5 Å². The Morgan fingerprint density at radius 3 is 1.89 bits per heavy atom. The summed E-state index contributed by atoms with van der Waals surface area (Å²) >= 11 is 9.21. The fraction of sp³-hybridized carbons (Fsp3) is 0.308. The van der Waals surface area contributed by atoms with Gasteiger partial charge in [-0.3, -0.25) is 9.59 Å². The van der Waals surface area contributed by atoms with E-state index in [1.807, 2.05) is 58.0 Å². The summed E-state index contributed by atoms with van der Waals surface area (Å²) in [4.78, 5) is 25.4. The van der Waals surface area contributed by atoms with Gasteiger partial charge in [-0.1, -0.05) is 39.3 Å². The monoisotopic (exact) mass is 530 g/mol. The first-order valence-corrected chi connectivity index (χ1v) is 13.2. The van der Waals surface area contributed by atoms with Crippen molar-refractivity contribution < 1.29 is 28.5 Å². The summed E-state index contributed by atoms with van der Waals surface area (Å²) in [7, 11) is 0. The Morgan fingerprint density at radius 2 is 1.29 bits per heavy atom. The Hall–Kier alpha value is -2.81. The number of carbonyl (C=O) groups excluding carboxylic acids is 2. The predicted molar refractivity (Wildman–Crippen MR) is 139 cm³/mol. The van der Waals surface area contributed by atoms with Crippen LogP contribution >= 0.6 is 34.3 Å². The van der Waals surface area contributed by atoms with Crippen LogP contribution in [0.1, 0.15) is 47.0 Å². The van der Waals surface area contributed by atoms with Crippen molar-refractivity contribution in [3.05, 3.63) is 45.1 Å². The third-order valence-corrected chi connectivity index (χ3v) is 8.43. The molecule has 35 heavy (non-hydrogen) atoms. The Balaban J connectivity index is 0.000000145. The third kappa shape index (κ3) is 4.46. The molecule has 2 aliphatic heterocycles. The van der Waals surface area contributed by atoms with Gasteiger partial charge in [0.1, 0.15) is 0 Å². The number of ketones is 2. The third-order valence-electron chi connectivity index (χ3n) is 5.65. The summed E-state index contributed by atoms with van der Waals surface area (Å²) in [5.74, 6) is 3.16. The molecule has 0 atom stereocenters. The summed E-state index contributed by atoms with van der Waals surface area (Å²) < 4.78 is 23.3. The van der Waals surface area contributed by atoms with Crippen LogP contribution in [0.2, 0.25) is 5.02 Å². The lowest BCUT2D eigenvalue weighted by molar-refractivity contribution is 0.0936. The molecule has 6 nitrogen and oxygen atoms in total. The minimum atomic E-state index is -0.0603. The summed E-state index contributed by atoms with van der Waals surface area (Å²) in [5, 5.41) is 2.42. The predicted octanol–water partition coefficient (Wildman–Crippen LogP) is 7.59. The molecule has 9 heteroatoms. The van der Waals surface area contributed by atoms with E-state index in [9.17, 15) is 9.59 Å². The van der Waals surface area contributed by atoms with Gasteiger partial charge in [0.2, 0.25) is 13.6 Å². The van der Waals surface area contributed by atoms with Crippen molar-refractivity contribution in [2.75, 3.05) is 13.6 Å².